The molecule has 0 aliphatic carbocycles. The van der Waals surface area contributed by atoms with Crippen molar-refractivity contribution in [2.45, 2.75) is 32.7 Å². The van der Waals surface area contributed by atoms with Crippen molar-refractivity contribution in [3.05, 3.63) is 16.0 Å². The zero-order valence-electron chi connectivity index (χ0n) is 11.9. The minimum Gasteiger partial charge on any atom is -0.327 e. The van der Waals surface area contributed by atoms with Gasteiger partial charge < -0.3 is 11.1 Å². The van der Waals surface area contributed by atoms with Gasteiger partial charge >= 0.3 is 0 Å². The first-order valence-electron chi connectivity index (χ1n) is 6.79. The smallest absolute Gasteiger partial charge is 0.239 e. The SMILES string of the molecule is Cc1sc(NC(=O)CN2CCCC(N)C2)c(C#N)c1C. The van der Waals surface area contributed by atoms with Gasteiger partial charge in [-0.25, -0.2) is 0 Å². The molecule has 1 fully saturated rings. The van der Waals surface area contributed by atoms with Crippen LogP contribution >= 0.6 is 11.3 Å². The Hall–Kier alpha value is -1.42. The Balaban J connectivity index is 1.98. The first-order chi connectivity index (χ1) is 9.51. The summed E-state index contributed by atoms with van der Waals surface area (Å²) in [4.78, 5) is 15.2. The Morgan fingerprint density at radius 2 is 2.35 bits per heavy atom. The third-order valence-electron chi connectivity index (χ3n) is 3.66. The fraction of sp³-hybridized carbons (Fsp3) is 0.571. The molecular formula is C14H20N4OS. The molecule has 5 nitrogen and oxygen atoms in total. The van der Waals surface area contributed by atoms with Crippen LogP contribution in [-0.2, 0) is 4.79 Å². The highest BCUT2D eigenvalue weighted by Gasteiger charge is 2.20. The summed E-state index contributed by atoms with van der Waals surface area (Å²) in [6, 6.07) is 2.33. The number of carbonyl (C=O) groups is 1. The number of nitrogens with zero attached hydrogens (tertiary/aromatic N) is 2. The van der Waals surface area contributed by atoms with Crippen molar-refractivity contribution in [2.75, 3.05) is 25.0 Å². The molecule has 3 N–H and O–H groups in total. The molecule has 0 bridgehead atoms. The van der Waals surface area contributed by atoms with Crippen molar-refractivity contribution >= 4 is 22.2 Å². The Kier molecular flexibility index (Phi) is 4.76. The Morgan fingerprint density at radius 3 is 3.00 bits per heavy atom. The second kappa shape index (κ2) is 6.35. The second-order valence-corrected chi connectivity index (χ2v) is 6.51. The van der Waals surface area contributed by atoms with Crippen LogP contribution in [0.5, 0.6) is 0 Å². The van der Waals surface area contributed by atoms with Gasteiger partial charge in [0.25, 0.3) is 0 Å². The number of aryl methyl sites for hydroxylation is 1. The average Bonchev–Trinajstić information content (AvgIpc) is 2.64. The van der Waals surface area contributed by atoms with Crippen LogP contribution < -0.4 is 11.1 Å². The molecule has 20 heavy (non-hydrogen) atoms. The van der Waals surface area contributed by atoms with Crippen LogP contribution in [0.15, 0.2) is 0 Å². The summed E-state index contributed by atoms with van der Waals surface area (Å²) in [5.74, 6) is -0.0724. The molecule has 108 valence electrons. The van der Waals surface area contributed by atoms with Gasteiger partial charge in [0.15, 0.2) is 0 Å². The number of nitriles is 1. The van der Waals surface area contributed by atoms with Gasteiger partial charge in [-0.15, -0.1) is 11.3 Å². The van der Waals surface area contributed by atoms with Gasteiger partial charge in [0, 0.05) is 17.5 Å². The lowest BCUT2D eigenvalue weighted by Gasteiger charge is -2.29. The topological polar surface area (TPSA) is 82.2 Å². The highest BCUT2D eigenvalue weighted by molar-refractivity contribution is 7.16. The van der Waals surface area contributed by atoms with Gasteiger partial charge in [0.2, 0.25) is 5.91 Å². The third-order valence-corrected chi connectivity index (χ3v) is 4.78. The lowest BCUT2D eigenvalue weighted by atomic mass is 10.1. The molecule has 0 radical (unpaired) electrons. The van der Waals surface area contributed by atoms with E-state index in [1.807, 2.05) is 13.8 Å². The van der Waals surface area contributed by atoms with Crippen LogP contribution in [0.4, 0.5) is 5.00 Å². The van der Waals surface area contributed by atoms with Gasteiger partial charge in [-0.05, 0) is 38.8 Å². The summed E-state index contributed by atoms with van der Waals surface area (Å²) in [5, 5.41) is 12.7. The van der Waals surface area contributed by atoms with E-state index >= 15 is 0 Å². The van der Waals surface area contributed by atoms with Crippen LogP contribution in [0.3, 0.4) is 0 Å². The number of nitrogens with two attached hydrogens (primary N) is 1. The number of carbonyl (C=O) groups excluding carboxylic acids is 1. The van der Waals surface area contributed by atoms with Gasteiger partial charge in [0.1, 0.15) is 11.1 Å². The molecule has 1 atom stereocenters. The molecule has 1 saturated heterocycles. The van der Waals surface area contributed by atoms with E-state index < -0.39 is 0 Å². The summed E-state index contributed by atoms with van der Waals surface area (Å²) in [6.07, 6.45) is 2.06. The largest absolute Gasteiger partial charge is 0.327 e. The van der Waals surface area contributed by atoms with Gasteiger partial charge in [-0.3, -0.25) is 9.69 Å². The lowest BCUT2D eigenvalue weighted by Crippen LogP contribution is -2.45. The first kappa shape index (κ1) is 15.0. The van der Waals surface area contributed by atoms with E-state index in [0.717, 1.165) is 36.4 Å². The zero-order chi connectivity index (χ0) is 14.7. The maximum Gasteiger partial charge on any atom is 0.239 e. The Bertz CT molecular complexity index is 546. The molecule has 0 saturated carbocycles. The average molecular weight is 292 g/mol. The molecule has 1 aromatic rings. The number of piperidine rings is 1. The molecular weight excluding hydrogens is 272 g/mol. The number of rotatable bonds is 3. The highest BCUT2D eigenvalue weighted by atomic mass is 32.1. The molecule has 1 aliphatic rings. The molecule has 1 aliphatic heterocycles. The van der Waals surface area contributed by atoms with Crippen molar-refractivity contribution < 1.29 is 4.79 Å². The predicted molar refractivity (Wildman–Crippen MR) is 80.8 cm³/mol. The maximum atomic E-state index is 12.1. The lowest BCUT2D eigenvalue weighted by molar-refractivity contribution is -0.117. The van der Waals surface area contributed by atoms with Crippen molar-refractivity contribution in [3.63, 3.8) is 0 Å². The van der Waals surface area contributed by atoms with E-state index in [0.29, 0.717) is 17.1 Å². The van der Waals surface area contributed by atoms with Crippen LogP contribution in [0.2, 0.25) is 0 Å². The molecule has 6 heteroatoms. The van der Waals surface area contributed by atoms with Crippen LogP contribution in [0.25, 0.3) is 0 Å². The van der Waals surface area contributed by atoms with E-state index in [1.54, 1.807) is 0 Å². The van der Waals surface area contributed by atoms with Gasteiger partial charge in [-0.2, -0.15) is 5.26 Å². The van der Waals surface area contributed by atoms with E-state index in [1.165, 1.54) is 11.3 Å². The van der Waals surface area contributed by atoms with E-state index in [2.05, 4.69) is 16.3 Å². The quantitative estimate of drug-likeness (QED) is 0.886. The molecule has 0 aromatic carbocycles. The summed E-state index contributed by atoms with van der Waals surface area (Å²) >= 11 is 1.46. The highest BCUT2D eigenvalue weighted by Crippen LogP contribution is 2.31. The minimum absolute atomic E-state index is 0.0724. The van der Waals surface area contributed by atoms with Crippen molar-refractivity contribution in [3.8, 4) is 6.07 Å². The van der Waals surface area contributed by atoms with Crippen LogP contribution in [0, 0.1) is 25.2 Å². The predicted octanol–water partition coefficient (Wildman–Crippen LogP) is 1.60. The maximum absolute atomic E-state index is 12.1. The van der Waals surface area contributed by atoms with Crippen LogP contribution in [-0.4, -0.2) is 36.5 Å². The summed E-state index contributed by atoms with van der Waals surface area (Å²) in [7, 11) is 0. The number of likely N-dealkylation sites (tertiary alicyclic amines) is 1. The standard InChI is InChI=1S/C14H20N4OS/c1-9-10(2)20-14(12(9)6-15)17-13(19)8-18-5-3-4-11(16)7-18/h11H,3-5,7-8,16H2,1-2H3,(H,17,19). The molecule has 2 rings (SSSR count). The number of hydrogen-bond acceptors (Lipinski definition) is 5. The third kappa shape index (κ3) is 3.37. The molecule has 1 aromatic heterocycles. The number of amides is 1. The Labute approximate surface area is 123 Å². The molecule has 1 unspecified atom stereocenters. The van der Waals surface area contributed by atoms with Crippen LogP contribution in [0.1, 0.15) is 28.8 Å². The second-order valence-electron chi connectivity index (χ2n) is 5.28. The Morgan fingerprint density at radius 1 is 1.60 bits per heavy atom. The number of nitrogens with one attached hydrogen (secondary N) is 1. The number of anilines is 1. The van der Waals surface area contributed by atoms with E-state index in [4.69, 9.17) is 11.0 Å². The molecule has 0 spiro atoms. The molecule has 2 heterocycles. The summed E-state index contributed by atoms with van der Waals surface area (Å²) < 4.78 is 0. The van der Waals surface area contributed by atoms with Crippen molar-refractivity contribution in [1.82, 2.24) is 4.90 Å². The van der Waals surface area contributed by atoms with Gasteiger partial charge in [-0.1, -0.05) is 0 Å². The van der Waals surface area contributed by atoms with E-state index in [-0.39, 0.29) is 11.9 Å². The fourth-order valence-corrected chi connectivity index (χ4v) is 3.48. The number of thiophene rings is 1. The minimum atomic E-state index is -0.0724. The molecule has 1 amide bonds. The fourth-order valence-electron chi connectivity index (χ4n) is 2.45. The normalized spacial score (nSPS) is 19.6. The van der Waals surface area contributed by atoms with Crippen molar-refractivity contribution in [2.24, 2.45) is 5.73 Å². The first-order valence-corrected chi connectivity index (χ1v) is 7.60. The summed E-state index contributed by atoms with van der Waals surface area (Å²) in [5.41, 5.74) is 7.44. The summed E-state index contributed by atoms with van der Waals surface area (Å²) in [6.45, 7) is 5.88. The zero-order valence-corrected chi connectivity index (χ0v) is 12.7. The van der Waals surface area contributed by atoms with Gasteiger partial charge in [0.05, 0.1) is 12.1 Å². The number of hydrogen-bond donors (Lipinski definition) is 2. The monoisotopic (exact) mass is 292 g/mol. The van der Waals surface area contributed by atoms with Crippen molar-refractivity contribution in [1.29, 1.82) is 5.26 Å². The van der Waals surface area contributed by atoms with E-state index in [9.17, 15) is 4.79 Å².